The number of benzene rings is 2. The van der Waals surface area contributed by atoms with Crippen LogP contribution in [0.1, 0.15) is 0 Å². The highest BCUT2D eigenvalue weighted by atomic mass is 35.5. The van der Waals surface area contributed by atoms with Gasteiger partial charge in [0.05, 0.1) is 6.54 Å². The van der Waals surface area contributed by atoms with Crippen LogP contribution in [-0.4, -0.2) is 56.3 Å². The molecule has 2 aromatic rings. The summed E-state index contributed by atoms with van der Waals surface area (Å²) < 4.78 is 53.1. The lowest BCUT2D eigenvalue weighted by Gasteiger charge is -2.34. The maximum atomic E-state index is 13.8. The first-order valence-electron chi connectivity index (χ1n) is 8.40. The Morgan fingerprint density at radius 2 is 1.64 bits per heavy atom. The number of carbonyl (C=O) groups excluding carboxylic acids is 1. The number of rotatable bonds is 5. The number of para-hydroxylation sites is 1. The van der Waals surface area contributed by atoms with E-state index in [0.717, 1.165) is 22.1 Å². The molecule has 1 fully saturated rings. The molecule has 6 nitrogen and oxygen atoms in total. The van der Waals surface area contributed by atoms with E-state index in [0.29, 0.717) is 6.07 Å². The van der Waals surface area contributed by atoms with E-state index in [9.17, 15) is 22.0 Å². The van der Waals surface area contributed by atoms with Crippen molar-refractivity contribution in [2.45, 2.75) is 4.90 Å². The summed E-state index contributed by atoms with van der Waals surface area (Å²) >= 11 is 0. The SMILES string of the molecule is Cl.O=C(CNc1ccccc1)N1CCN(S(=O)(=O)c2ccc(F)cc2F)CC1. The number of nitrogens with zero attached hydrogens (tertiary/aromatic N) is 2. The Morgan fingerprint density at radius 1 is 1.00 bits per heavy atom. The molecule has 0 bridgehead atoms. The second-order valence-corrected chi connectivity index (χ2v) is 7.99. The van der Waals surface area contributed by atoms with E-state index in [-0.39, 0.29) is 51.0 Å². The number of amides is 1. The minimum absolute atomic E-state index is 0. The molecule has 0 aromatic heterocycles. The molecule has 152 valence electrons. The lowest BCUT2D eigenvalue weighted by atomic mass is 10.3. The fraction of sp³-hybridized carbons (Fsp3) is 0.278. The van der Waals surface area contributed by atoms with Crippen LogP contribution < -0.4 is 5.32 Å². The summed E-state index contributed by atoms with van der Waals surface area (Å²) in [5.41, 5.74) is 0.818. The molecular formula is C18H20ClF2N3O3S. The van der Waals surface area contributed by atoms with Crippen molar-refractivity contribution in [3.63, 3.8) is 0 Å². The van der Waals surface area contributed by atoms with Crippen molar-refractivity contribution in [2.75, 3.05) is 38.0 Å². The highest BCUT2D eigenvalue weighted by Gasteiger charge is 2.31. The lowest BCUT2D eigenvalue weighted by Crippen LogP contribution is -2.51. The molecule has 0 unspecified atom stereocenters. The average molecular weight is 432 g/mol. The Hall–Kier alpha value is -2.23. The zero-order chi connectivity index (χ0) is 19.4. The molecule has 3 rings (SSSR count). The normalized spacial score (nSPS) is 15.0. The van der Waals surface area contributed by atoms with Gasteiger partial charge >= 0.3 is 0 Å². The molecule has 0 atom stereocenters. The van der Waals surface area contributed by atoms with Crippen LogP contribution in [0.3, 0.4) is 0 Å². The summed E-state index contributed by atoms with van der Waals surface area (Å²) in [5.74, 6) is -2.11. The smallest absolute Gasteiger partial charge is 0.246 e. The first-order valence-corrected chi connectivity index (χ1v) is 9.84. The van der Waals surface area contributed by atoms with Crippen LogP contribution in [0.2, 0.25) is 0 Å². The van der Waals surface area contributed by atoms with E-state index in [2.05, 4.69) is 5.32 Å². The van der Waals surface area contributed by atoms with Gasteiger partial charge < -0.3 is 10.2 Å². The van der Waals surface area contributed by atoms with E-state index in [1.807, 2.05) is 30.3 Å². The number of nitrogens with one attached hydrogen (secondary N) is 1. The van der Waals surface area contributed by atoms with Gasteiger partial charge in [0.2, 0.25) is 15.9 Å². The predicted molar refractivity (Wildman–Crippen MR) is 104 cm³/mol. The molecule has 1 saturated heterocycles. The predicted octanol–water partition coefficient (Wildman–Crippen LogP) is 2.33. The maximum absolute atomic E-state index is 13.8. The minimum atomic E-state index is -4.08. The number of hydrogen-bond donors (Lipinski definition) is 1. The van der Waals surface area contributed by atoms with Gasteiger partial charge in [-0.15, -0.1) is 12.4 Å². The molecule has 0 radical (unpaired) electrons. The molecule has 10 heteroatoms. The van der Waals surface area contributed by atoms with E-state index in [4.69, 9.17) is 0 Å². The van der Waals surface area contributed by atoms with Crippen LogP contribution >= 0.6 is 12.4 Å². The second kappa shape index (κ2) is 9.31. The average Bonchev–Trinajstić information content (AvgIpc) is 2.66. The monoisotopic (exact) mass is 431 g/mol. The van der Waals surface area contributed by atoms with E-state index < -0.39 is 26.6 Å². The number of hydrogen-bond acceptors (Lipinski definition) is 4. The molecule has 1 N–H and O–H groups in total. The largest absolute Gasteiger partial charge is 0.376 e. The number of piperazine rings is 1. The molecule has 28 heavy (non-hydrogen) atoms. The van der Waals surface area contributed by atoms with E-state index >= 15 is 0 Å². The van der Waals surface area contributed by atoms with Crippen molar-refractivity contribution < 1.29 is 22.0 Å². The van der Waals surface area contributed by atoms with Crippen LogP contribution in [0.4, 0.5) is 14.5 Å². The number of anilines is 1. The summed E-state index contributed by atoms with van der Waals surface area (Å²) in [7, 11) is -4.08. The van der Waals surface area contributed by atoms with Crippen LogP contribution in [0.5, 0.6) is 0 Å². The third kappa shape index (κ3) is 4.98. The van der Waals surface area contributed by atoms with Crippen LogP contribution in [0, 0.1) is 11.6 Å². The van der Waals surface area contributed by atoms with Crippen LogP contribution in [0.25, 0.3) is 0 Å². The Labute approximate surface area is 168 Å². The summed E-state index contributed by atoms with van der Waals surface area (Å²) in [4.78, 5) is 13.3. The fourth-order valence-electron chi connectivity index (χ4n) is 2.85. The number of halogens is 3. The van der Waals surface area contributed by atoms with Crippen molar-refractivity contribution in [1.29, 1.82) is 0 Å². The van der Waals surface area contributed by atoms with Crippen molar-refractivity contribution in [3.8, 4) is 0 Å². The van der Waals surface area contributed by atoms with Gasteiger partial charge in [0.15, 0.2) is 0 Å². The van der Waals surface area contributed by atoms with Crippen molar-refractivity contribution in [3.05, 3.63) is 60.2 Å². The van der Waals surface area contributed by atoms with Gasteiger partial charge in [-0.25, -0.2) is 17.2 Å². The number of sulfonamides is 1. The van der Waals surface area contributed by atoms with E-state index in [1.165, 1.54) is 0 Å². The molecule has 0 aliphatic carbocycles. The quantitative estimate of drug-likeness (QED) is 0.789. The molecule has 0 saturated carbocycles. The van der Waals surface area contributed by atoms with Gasteiger partial charge in [0.1, 0.15) is 16.5 Å². The van der Waals surface area contributed by atoms with Crippen LogP contribution in [0.15, 0.2) is 53.4 Å². The van der Waals surface area contributed by atoms with Gasteiger partial charge in [-0.1, -0.05) is 18.2 Å². The van der Waals surface area contributed by atoms with Gasteiger partial charge in [-0.2, -0.15) is 4.31 Å². The van der Waals surface area contributed by atoms with Gasteiger partial charge in [-0.05, 0) is 24.3 Å². The maximum Gasteiger partial charge on any atom is 0.246 e. The Morgan fingerprint density at radius 3 is 2.25 bits per heavy atom. The molecule has 1 aliphatic heterocycles. The van der Waals surface area contributed by atoms with Crippen molar-refractivity contribution in [2.24, 2.45) is 0 Å². The number of carbonyl (C=O) groups is 1. The Bertz CT molecular complexity index is 921. The van der Waals surface area contributed by atoms with Crippen molar-refractivity contribution >= 4 is 34.0 Å². The highest BCUT2D eigenvalue weighted by Crippen LogP contribution is 2.21. The Kier molecular flexibility index (Phi) is 7.34. The van der Waals surface area contributed by atoms with E-state index in [1.54, 1.807) is 4.90 Å². The standard InChI is InChI=1S/C18H19F2N3O3S.ClH/c19-14-6-7-17(16(20)12-14)27(25,26)23-10-8-22(9-11-23)18(24)13-21-15-4-2-1-3-5-15;/h1-7,12,21H,8-11,13H2;1H. The van der Waals surface area contributed by atoms with Crippen LogP contribution in [-0.2, 0) is 14.8 Å². The zero-order valence-corrected chi connectivity index (χ0v) is 16.5. The molecule has 1 heterocycles. The summed E-state index contributed by atoms with van der Waals surface area (Å²) in [6.07, 6.45) is 0. The zero-order valence-electron chi connectivity index (χ0n) is 14.8. The molecular weight excluding hydrogens is 412 g/mol. The van der Waals surface area contributed by atoms with Gasteiger partial charge in [0, 0.05) is 37.9 Å². The summed E-state index contributed by atoms with van der Waals surface area (Å²) in [6.45, 7) is 0.616. The fourth-order valence-corrected chi connectivity index (χ4v) is 4.31. The minimum Gasteiger partial charge on any atom is -0.376 e. The summed E-state index contributed by atoms with van der Waals surface area (Å²) in [6, 6.07) is 11.6. The highest BCUT2D eigenvalue weighted by molar-refractivity contribution is 7.89. The first kappa shape index (κ1) is 22.1. The molecule has 0 spiro atoms. The molecule has 1 aliphatic rings. The topological polar surface area (TPSA) is 69.7 Å². The summed E-state index contributed by atoms with van der Waals surface area (Å²) in [5, 5.41) is 3.01. The first-order chi connectivity index (χ1) is 12.9. The third-order valence-corrected chi connectivity index (χ3v) is 6.25. The second-order valence-electron chi connectivity index (χ2n) is 6.08. The third-order valence-electron chi connectivity index (χ3n) is 4.32. The van der Waals surface area contributed by atoms with Gasteiger partial charge in [-0.3, -0.25) is 4.79 Å². The molecule has 2 aromatic carbocycles. The Balaban J connectivity index is 0.00000280. The molecule has 1 amide bonds. The van der Waals surface area contributed by atoms with Gasteiger partial charge in [0.25, 0.3) is 0 Å². The lowest BCUT2D eigenvalue weighted by molar-refractivity contribution is -0.130. The van der Waals surface area contributed by atoms with Crippen molar-refractivity contribution in [1.82, 2.24) is 9.21 Å².